The third-order valence-electron chi connectivity index (χ3n) is 4.12. The molecule has 3 rings (SSSR count). The number of nitrogens with one attached hydrogen (secondary N) is 3. The van der Waals surface area contributed by atoms with E-state index in [1.807, 2.05) is 0 Å². The first kappa shape index (κ1) is 16.8. The molecule has 2 unspecified atom stereocenters. The highest BCUT2D eigenvalue weighted by Gasteiger charge is 2.30. The van der Waals surface area contributed by atoms with Crippen LogP contribution in [0.4, 0.5) is 5.69 Å². The van der Waals surface area contributed by atoms with Gasteiger partial charge in [-0.1, -0.05) is 41.4 Å². The van der Waals surface area contributed by atoms with Crippen LogP contribution < -0.4 is 20.9 Å². The first-order valence-electron chi connectivity index (χ1n) is 7.79. The molecule has 2 aromatic carbocycles. The van der Waals surface area contributed by atoms with Crippen LogP contribution in [0, 0.1) is 6.92 Å². The molecule has 6 heteroatoms. The number of amides is 1. The third kappa shape index (κ3) is 3.70. The number of hydrogen-bond acceptors (Lipinski definition) is 4. The van der Waals surface area contributed by atoms with E-state index >= 15 is 0 Å². The van der Waals surface area contributed by atoms with Gasteiger partial charge < -0.3 is 10.1 Å². The molecule has 0 saturated carbocycles. The number of carbonyl (C=O) groups is 1. The highest BCUT2D eigenvalue weighted by atomic mass is 35.5. The molecule has 0 aromatic heterocycles. The molecule has 1 amide bonds. The zero-order valence-electron chi connectivity index (χ0n) is 13.6. The van der Waals surface area contributed by atoms with Crippen molar-refractivity contribution in [2.24, 2.45) is 0 Å². The zero-order chi connectivity index (χ0) is 17.1. The molecular formula is C18H20ClN3O2. The number of anilines is 1. The second-order valence-electron chi connectivity index (χ2n) is 5.88. The number of hydrogen-bond donors (Lipinski definition) is 3. The fraction of sp³-hybridized carbons (Fsp3) is 0.278. The zero-order valence-corrected chi connectivity index (χ0v) is 14.4. The molecule has 1 heterocycles. The Bertz CT molecular complexity index is 734. The number of halogens is 1. The van der Waals surface area contributed by atoms with E-state index in [2.05, 4.69) is 47.4 Å². The van der Waals surface area contributed by atoms with Crippen molar-refractivity contribution in [1.29, 1.82) is 0 Å². The van der Waals surface area contributed by atoms with Gasteiger partial charge in [-0.05, 0) is 37.1 Å². The van der Waals surface area contributed by atoms with Gasteiger partial charge in [0.15, 0.2) is 0 Å². The second-order valence-corrected chi connectivity index (χ2v) is 6.29. The van der Waals surface area contributed by atoms with Crippen molar-refractivity contribution in [1.82, 2.24) is 10.9 Å². The Morgan fingerprint density at radius 3 is 2.62 bits per heavy atom. The summed E-state index contributed by atoms with van der Waals surface area (Å²) in [6, 6.07) is 13.3. The molecule has 1 aliphatic heterocycles. The lowest BCUT2D eigenvalue weighted by atomic mass is 10.0. The molecule has 0 bridgehead atoms. The molecule has 126 valence electrons. The minimum absolute atomic E-state index is 0.0988. The molecule has 0 aliphatic carbocycles. The van der Waals surface area contributed by atoms with Crippen LogP contribution in [0.25, 0.3) is 0 Å². The predicted octanol–water partition coefficient (Wildman–Crippen LogP) is 3.20. The molecule has 24 heavy (non-hydrogen) atoms. The van der Waals surface area contributed by atoms with Gasteiger partial charge in [0.05, 0.1) is 12.1 Å². The monoisotopic (exact) mass is 345 g/mol. The number of aryl methyl sites for hydroxylation is 1. The molecule has 1 saturated heterocycles. The summed E-state index contributed by atoms with van der Waals surface area (Å²) in [6.45, 7) is 2.06. The summed E-state index contributed by atoms with van der Waals surface area (Å²) in [6.07, 6.45) is 0.679. The van der Waals surface area contributed by atoms with Crippen LogP contribution >= 0.6 is 11.6 Å². The van der Waals surface area contributed by atoms with Gasteiger partial charge in [-0.25, -0.2) is 10.9 Å². The Morgan fingerprint density at radius 2 is 1.96 bits per heavy atom. The summed E-state index contributed by atoms with van der Waals surface area (Å²) < 4.78 is 5.11. The van der Waals surface area contributed by atoms with Crippen LogP contribution in [0.1, 0.15) is 23.6 Å². The Kier molecular flexibility index (Phi) is 5.04. The lowest BCUT2D eigenvalue weighted by molar-refractivity contribution is -0.117. The van der Waals surface area contributed by atoms with Crippen molar-refractivity contribution >= 4 is 23.2 Å². The van der Waals surface area contributed by atoms with Crippen molar-refractivity contribution in [2.45, 2.75) is 25.4 Å². The second kappa shape index (κ2) is 7.21. The van der Waals surface area contributed by atoms with E-state index in [1.165, 1.54) is 5.56 Å². The topological polar surface area (TPSA) is 62.4 Å². The van der Waals surface area contributed by atoms with E-state index in [-0.39, 0.29) is 18.0 Å². The molecule has 0 radical (unpaired) electrons. The quantitative estimate of drug-likeness (QED) is 0.796. The molecule has 3 N–H and O–H groups in total. The van der Waals surface area contributed by atoms with Gasteiger partial charge in [-0.15, -0.1) is 0 Å². The highest BCUT2D eigenvalue weighted by molar-refractivity contribution is 6.32. The molecule has 5 nitrogen and oxygen atoms in total. The lowest BCUT2D eigenvalue weighted by Gasteiger charge is -2.12. The van der Waals surface area contributed by atoms with Gasteiger partial charge in [-0.3, -0.25) is 4.79 Å². The minimum atomic E-state index is -0.308. The first-order chi connectivity index (χ1) is 11.6. The molecule has 2 atom stereocenters. The van der Waals surface area contributed by atoms with Crippen LogP contribution in [0.5, 0.6) is 5.75 Å². The standard InChI is InChI=1S/C18H20ClN3O2/c1-11-3-5-12(6-4-11)15-10-16(22-21-15)18(23)20-13-7-8-17(24-2)14(19)9-13/h3-9,15-16,21-22H,10H2,1-2H3,(H,20,23). The summed E-state index contributed by atoms with van der Waals surface area (Å²) in [5.41, 5.74) is 9.26. The van der Waals surface area contributed by atoms with Crippen LogP contribution in [-0.4, -0.2) is 19.1 Å². The fourth-order valence-electron chi connectivity index (χ4n) is 2.72. The number of methoxy groups -OCH3 is 1. The fourth-order valence-corrected chi connectivity index (χ4v) is 2.98. The number of hydrazine groups is 1. The van der Waals surface area contributed by atoms with Crippen molar-refractivity contribution < 1.29 is 9.53 Å². The Hall–Kier alpha value is -2.08. The predicted molar refractivity (Wildman–Crippen MR) is 95.2 cm³/mol. The lowest BCUT2D eigenvalue weighted by Crippen LogP contribution is -2.39. The van der Waals surface area contributed by atoms with Crippen LogP contribution in [-0.2, 0) is 4.79 Å². The number of benzene rings is 2. The van der Waals surface area contributed by atoms with Crippen molar-refractivity contribution in [2.75, 3.05) is 12.4 Å². The minimum Gasteiger partial charge on any atom is -0.495 e. The van der Waals surface area contributed by atoms with Crippen molar-refractivity contribution in [3.63, 3.8) is 0 Å². The van der Waals surface area contributed by atoms with E-state index in [4.69, 9.17) is 16.3 Å². The number of rotatable bonds is 4. The Balaban J connectivity index is 1.62. The van der Waals surface area contributed by atoms with Crippen molar-refractivity contribution in [3.05, 3.63) is 58.6 Å². The van der Waals surface area contributed by atoms with E-state index in [1.54, 1.807) is 25.3 Å². The average molecular weight is 346 g/mol. The van der Waals surface area contributed by atoms with E-state index < -0.39 is 0 Å². The number of ether oxygens (including phenoxy) is 1. The largest absolute Gasteiger partial charge is 0.495 e. The normalized spacial score (nSPS) is 20.0. The molecule has 1 fully saturated rings. The first-order valence-corrected chi connectivity index (χ1v) is 8.16. The third-order valence-corrected chi connectivity index (χ3v) is 4.41. The van der Waals surface area contributed by atoms with Gasteiger partial charge in [0.25, 0.3) is 0 Å². The van der Waals surface area contributed by atoms with E-state index in [0.29, 0.717) is 22.9 Å². The number of carbonyl (C=O) groups excluding carboxylic acids is 1. The summed E-state index contributed by atoms with van der Waals surface area (Å²) in [7, 11) is 1.55. The van der Waals surface area contributed by atoms with Gasteiger partial charge >= 0.3 is 0 Å². The van der Waals surface area contributed by atoms with Crippen molar-refractivity contribution in [3.8, 4) is 5.75 Å². The highest BCUT2D eigenvalue weighted by Crippen LogP contribution is 2.28. The Morgan fingerprint density at radius 1 is 1.21 bits per heavy atom. The van der Waals surface area contributed by atoms with Gasteiger partial charge in [0.1, 0.15) is 11.8 Å². The SMILES string of the molecule is COc1ccc(NC(=O)C2CC(c3ccc(C)cc3)NN2)cc1Cl. The van der Waals surface area contributed by atoms with E-state index in [0.717, 1.165) is 5.56 Å². The summed E-state index contributed by atoms with van der Waals surface area (Å²) >= 11 is 6.08. The van der Waals surface area contributed by atoms with Gasteiger partial charge in [0, 0.05) is 11.7 Å². The maximum absolute atomic E-state index is 12.4. The molecule has 1 aliphatic rings. The molecule has 0 spiro atoms. The maximum atomic E-state index is 12.4. The maximum Gasteiger partial charge on any atom is 0.242 e. The van der Waals surface area contributed by atoms with Crippen LogP contribution in [0.15, 0.2) is 42.5 Å². The van der Waals surface area contributed by atoms with E-state index in [9.17, 15) is 4.79 Å². The Labute approximate surface area is 146 Å². The van der Waals surface area contributed by atoms with Crippen LogP contribution in [0.2, 0.25) is 5.02 Å². The van der Waals surface area contributed by atoms with Crippen LogP contribution in [0.3, 0.4) is 0 Å². The molecular weight excluding hydrogens is 326 g/mol. The smallest absolute Gasteiger partial charge is 0.242 e. The summed E-state index contributed by atoms with van der Waals surface area (Å²) in [5.74, 6) is 0.480. The average Bonchev–Trinajstić information content (AvgIpc) is 3.06. The van der Waals surface area contributed by atoms with Gasteiger partial charge in [-0.2, -0.15) is 0 Å². The molecule has 2 aromatic rings. The van der Waals surface area contributed by atoms with Gasteiger partial charge in [0.2, 0.25) is 5.91 Å². The summed E-state index contributed by atoms with van der Waals surface area (Å²) in [5, 5.41) is 3.34. The summed E-state index contributed by atoms with van der Waals surface area (Å²) in [4.78, 5) is 12.4.